The van der Waals surface area contributed by atoms with Crippen LogP contribution in [0.25, 0.3) is 0 Å². The molecule has 23 heteroatoms. The summed E-state index contributed by atoms with van der Waals surface area (Å²) in [5.74, 6) is -1.92. The van der Waals surface area contributed by atoms with E-state index in [-0.39, 0.29) is 0 Å². The first-order valence-corrected chi connectivity index (χ1v) is 18.0. The Hall–Kier alpha value is -4.08. The van der Waals surface area contributed by atoms with Crippen molar-refractivity contribution in [3.05, 3.63) is 33.1 Å². The zero-order valence-corrected chi connectivity index (χ0v) is 32.5. The molecule has 21 nitrogen and oxygen atoms in total. The minimum Gasteiger partial charge on any atom is -0.454 e. The van der Waals surface area contributed by atoms with E-state index in [9.17, 15) is 38.4 Å². The maximum Gasteiger partial charge on any atom is 0.510 e. The van der Waals surface area contributed by atoms with Crippen molar-refractivity contribution in [3.63, 3.8) is 0 Å². The number of amides is 1. The van der Waals surface area contributed by atoms with E-state index in [1.54, 1.807) is 20.8 Å². The van der Waals surface area contributed by atoms with E-state index in [0.717, 1.165) is 19.2 Å². The van der Waals surface area contributed by atoms with Gasteiger partial charge in [0.25, 0.3) is 5.56 Å². The van der Waals surface area contributed by atoms with E-state index in [2.05, 4.69) is 5.32 Å². The Balaban J connectivity index is 2.55. The minimum atomic E-state index is -5.12. The van der Waals surface area contributed by atoms with Crippen LogP contribution in [0.4, 0.5) is 18.8 Å². The summed E-state index contributed by atoms with van der Waals surface area (Å²) in [6, 6.07) is -0.579. The van der Waals surface area contributed by atoms with Crippen molar-refractivity contribution in [2.75, 3.05) is 26.9 Å². The fraction of sp³-hybridized carbons (Fsp3) is 0.742. The highest BCUT2D eigenvalue weighted by molar-refractivity contribution is 7.48. The summed E-state index contributed by atoms with van der Waals surface area (Å²) in [6.45, 7) is 9.56. The number of nitrogens with one attached hydrogen (secondary N) is 2. The number of alkyl carbamates (subject to hydrolysis) is 1. The number of nitrogens with zero attached hydrogens (tertiary/aromatic N) is 1. The number of carbonyl (C=O) groups is 4. The molecule has 1 aliphatic heterocycles. The van der Waals surface area contributed by atoms with Crippen molar-refractivity contribution in [2.45, 2.75) is 117 Å². The maximum absolute atomic E-state index is 15.5. The molecule has 0 spiro atoms. The number of esters is 1. The van der Waals surface area contributed by atoms with Gasteiger partial charge in [-0.15, -0.1) is 0 Å². The van der Waals surface area contributed by atoms with Crippen molar-refractivity contribution in [3.8, 4) is 0 Å². The van der Waals surface area contributed by atoms with Crippen molar-refractivity contribution in [1.29, 1.82) is 0 Å². The van der Waals surface area contributed by atoms with Crippen LogP contribution in [0, 0.1) is 5.92 Å². The molecule has 5 atom stereocenters. The lowest BCUT2D eigenvalue weighted by Crippen LogP contribution is -2.58. The lowest BCUT2D eigenvalue weighted by atomic mass is 9.88. The second-order valence-electron chi connectivity index (χ2n) is 13.9. The SMILES string of the molecule is CC(C)OC(=O)OCOP(=O)(OCOC(=O)OC(C)C)OC[C@@]1(CF)O[C@@H](n2ccc(=O)[nH]c2=O)[C@](C)(O)[C@@H]1OC(=O)[C@H](NC(=O)OC(C)(C)C)C(C)C. The monoisotopic (exact) mass is 801 g/mol. The van der Waals surface area contributed by atoms with Crippen LogP contribution in [0.15, 0.2) is 21.9 Å². The Bertz CT molecular complexity index is 1590. The van der Waals surface area contributed by atoms with Crippen molar-refractivity contribution < 1.29 is 80.0 Å². The fourth-order valence-corrected chi connectivity index (χ4v) is 5.61. The Morgan fingerprint density at radius 1 is 1.00 bits per heavy atom. The molecule has 0 aliphatic carbocycles. The Kier molecular flexibility index (Phi) is 16.2. The van der Waals surface area contributed by atoms with Crippen LogP contribution in [0.5, 0.6) is 0 Å². The molecular formula is C31H49FN3O18P. The van der Waals surface area contributed by atoms with E-state index in [4.69, 9.17) is 46.7 Å². The van der Waals surface area contributed by atoms with Gasteiger partial charge in [0.15, 0.2) is 17.9 Å². The molecule has 2 heterocycles. The number of aromatic nitrogens is 2. The summed E-state index contributed by atoms with van der Waals surface area (Å²) in [6.07, 6.45) is -7.95. The normalized spacial score (nSPS) is 22.1. The number of hydrogen-bond donors (Lipinski definition) is 3. The summed E-state index contributed by atoms with van der Waals surface area (Å²) < 4.78 is 80.9. The largest absolute Gasteiger partial charge is 0.510 e. The van der Waals surface area contributed by atoms with Gasteiger partial charge in [0, 0.05) is 12.3 Å². The van der Waals surface area contributed by atoms with Crippen LogP contribution in [-0.4, -0.2) is 107 Å². The smallest absolute Gasteiger partial charge is 0.454 e. The number of carbonyl (C=O) groups excluding carboxylic acids is 4. The first kappa shape index (κ1) is 46.1. The molecule has 308 valence electrons. The number of H-pyrrole nitrogens is 1. The van der Waals surface area contributed by atoms with Crippen LogP contribution in [0.1, 0.15) is 75.5 Å². The number of ether oxygens (including phenoxy) is 7. The topological polar surface area (TPSA) is 265 Å². The van der Waals surface area contributed by atoms with Crippen molar-refractivity contribution >= 4 is 32.2 Å². The highest BCUT2D eigenvalue weighted by atomic mass is 31.2. The second kappa shape index (κ2) is 19.0. The summed E-state index contributed by atoms with van der Waals surface area (Å²) in [5, 5.41) is 14.2. The van der Waals surface area contributed by atoms with Crippen LogP contribution < -0.4 is 16.6 Å². The molecule has 2 rings (SSSR count). The number of phosphoric acid groups is 1. The van der Waals surface area contributed by atoms with E-state index in [1.165, 1.54) is 41.5 Å². The third kappa shape index (κ3) is 13.3. The van der Waals surface area contributed by atoms with Gasteiger partial charge in [0.2, 0.25) is 13.6 Å². The van der Waals surface area contributed by atoms with Crippen molar-refractivity contribution in [2.24, 2.45) is 5.92 Å². The van der Waals surface area contributed by atoms with Crippen molar-refractivity contribution in [1.82, 2.24) is 14.9 Å². The van der Waals surface area contributed by atoms with Crippen LogP contribution in [0.2, 0.25) is 0 Å². The molecule has 1 aromatic rings. The van der Waals surface area contributed by atoms with Gasteiger partial charge < -0.3 is 43.6 Å². The molecule has 0 saturated carbocycles. The Labute approximate surface area is 309 Å². The lowest BCUT2D eigenvalue weighted by Gasteiger charge is -2.36. The van der Waals surface area contributed by atoms with Crippen LogP contribution in [0.3, 0.4) is 0 Å². The van der Waals surface area contributed by atoms with Gasteiger partial charge in [0.1, 0.15) is 23.9 Å². The van der Waals surface area contributed by atoms with E-state index < -0.39 is 124 Å². The molecule has 0 radical (unpaired) electrons. The molecule has 0 bridgehead atoms. The molecular weight excluding hydrogens is 752 g/mol. The predicted octanol–water partition coefficient (Wildman–Crippen LogP) is 3.18. The highest BCUT2D eigenvalue weighted by Crippen LogP contribution is 2.53. The standard InChI is InChI=1S/C31H49FN3O18P/c1-17(2)21(34-26(39)53-29(7,8)9)22(37)51-23-30(10,42)24(35-12-11-20(36)33-25(35)38)52-31(23,13-32)14-46-54(43,47-15-44-27(40)49-18(3)4)48-16-45-28(41)50-19(5)6/h11-12,17-19,21,23-24,42H,13-16H2,1-10H3,(H,34,39)(H,33,36,38)/t21-,23+,24-,30-,31-/m1/s1. The second-order valence-corrected chi connectivity index (χ2v) is 15.6. The third-order valence-electron chi connectivity index (χ3n) is 6.92. The molecule has 0 unspecified atom stereocenters. The number of halogens is 1. The number of rotatable bonds is 17. The predicted molar refractivity (Wildman–Crippen MR) is 180 cm³/mol. The molecule has 1 amide bonds. The molecule has 0 aromatic carbocycles. The van der Waals surface area contributed by atoms with Gasteiger partial charge in [-0.3, -0.25) is 18.9 Å². The van der Waals surface area contributed by atoms with Gasteiger partial charge in [-0.1, -0.05) is 13.8 Å². The van der Waals surface area contributed by atoms with Gasteiger partial charge in [-0.25, -0.2) is 42.0 Å². The Morgan fingerprint density at radius 2 is 1.54 bits per heavy atom. The molecule has 54 heavy (non-hydrogen) atoms. The first-order valence-electron chi connectivity index (χ1n) is 16.5. The zero-order valence-electron chi connectivity index (χ0n) is 31.6. The zero-order chi connectivity index (χ0) is 41.2. The number of alkyl halides is 1. The maximum atomic E-state index is 15.5. The van der Waals surface area contributed by atoms with Gasteiger partial charge >= 0.3 is 37.9 Å². The molecule has 1 fully saturated rings. The van der Waals surface area contributed by atoms with Gasteiger partial charge in [-0.2, -0.15) is 0 Å². The molecule has 3 N–H and O–H groups in total. The molecule has 1 aromatic heterocycles. The Morgan fingerprint density at radius 3 is 1.98 bits per heavy atom. The third-order valence-corrected chi connectivity index (χ3v) is 8.21. The number of aromatic amines is 1. The van der Waals surface area contributed by atoms with Gasteiger partial charge in [-0.05, 0) is 61.3 Å². The van der Waals surface area contributed by atoms with Crippen LogP contribution in [-0.2, 0) is 56.1 Å². The molecule has 1 aliphatic rings. The number of hydrogen-bond acceptors (Lipinski definition) is 18. The average molecular weight is 802 g/mol. The van der Waals surface area contributed by atoms with Gasteiger partial charge in [0.05, 0.1) is 18.8 Å². The summed E-state index contributed by atoms with van der Waals surface area (Å²) in [7, 11) is -5.12. The fourth-order valence-electron chi connectivity index (χ4n) is 4.65. The summed E-state index contributed by atoms with van der Waals surface area (Å²) >= 11 is 0. The lowest BCUT2D eigenvalue weighted by molar-refractivity contribution is -0.179. The quantitative estimate of drug-likeness (QED) is 0.0884. The summed E-state index contributed by atoms with van der Waals surface area (Å²) in [5.41, 5.74) is -8.16. The summed E-state index contributed by atoms with van der Waals surface area (Å²) in [4.78, 5) is 76.6. The molecule has 1 saturated heterocycles. The minimum absolute atomic E-state index is 0.619. The number of phosphoric ester groups is 1. The number of aliphatic hydroxyl groups is 1. The van der Waals surface area contributed by atoms with E-state index >= 15 is 4.39 Å². The van der Waals surface area contributed by atoms with E-state index in [1.807, 2.05) is 4.98 Å². The first-order chi connectivity index (χ1) is 24.8. The van der Waals surface area contributed by atoms with Crippen LogP contribution >= 0.6 is 7.82 Å². The van der Waals surface area contributed by atoms with E-state index in [0.29, 0.717) is 4.57 Å². The highest BCUT2D eigenvalue weighted by Gasteiger charge is 2.66. The average Bonchev–Trinajstić information content (AvgIpc) is 3.23.